The van der Waals surface area contributed by atoms with Gasteiger partial charge in [-0.3, -0.25) is 0 Å². The van der Waals surface area contributed by atoms with Gasteiger partial charge in [-0.15, -0.1) is 0 Å². The molecule has 1 saturated heterocycles. The van der Waals surface area contributed by atoms with E-state index in [0.29, 0.717) is 5.75 Å². The number of para-hydroxylation sites is 1. The molecule has 2 aromatic rings. The summed E-state index contributed by atoms with van der Waals surface area (Å²) in [6.45, 7) is -0.547. The first kappa shape index (κ1) is 23.3. The number of hydrogen-bond donors (Lipinski definition) is 3. The van der Waals surface area contributed by atoms with Gasteiger partial charge in [0, 0.05) is 7.11 Å². The van der Waals surface area contributed by atoms with Crippen molar-refractivity contribution in [2.24, 2.45) is 0 Å². The lowest BCUT2D eigenvalue weighted by atomic mass is 9.99. The van der Waals surface area contributed by atoms with Crippen molar-refractivity contribution in [3.05, 3.63) is 53.1 Å². The van der Waals surface area contributed by atoms with Crippen LogP contribution in [0, 0.1) is 0 Å². The minimum atomic E-state index is -1.54. The molecule has 0 unspecified atom stereocenters. The minimum absolute atomic E-state index is 0.0167. The smallest absolute Gasteiger partial charge is 0.338 e. The largest absolute Gasteiger partial charge is 0.493 e. The molecule has 10 heteroatoms. The Kier molecular flexibility index (Phi) is 7.71. The van der Waals surface area contributed by atoms with Gasteiger partial charge < -0.3 is 39.0 Å². The lowest BCUT2D eigenvalue weighted by molar-refractivity contribution is -0.293. The van der Waals surface area contributed by atoms with E-state index in [1.807, 2.05) is 6.07 Å². The summed E-state index contributed by atoms with van der Waals surface area (Å²) in [5.74, 6) is 0.0584. The summed E-state index contributed by atoms with van der Waals surface area (Å²) in [4.78, 5) is 12.7. The third kappa shape index (κ3) is 5.09. The molecule has 3 rings (SSSR count). The maximum Gasteiger partial charge on any atom is 0.338 e. The summed E-state index contributed by atoms with van der Waals surface area (Å²) in [5, 5.41) is 29.8. The molecule has 1 aliphatic heterocycles. The lowest BCUT2D eigenvalue weighted by Crippen LogP contribution is -2.60. The van der Waals surface area contributed by atoms with Crippen molar-refractivity contribution in [2.75, 3.05) is 20.8 Å². The fourth-order valence-corrected chi connectivity index (χ4v) is 3.36. The van der Waals surface area contributed by atoms with Gasteiger partial charge >= 0.3 is 5.97 Å². The highest BCUT2D eigenvalue weighted by Crippen LogP contribution is 2.39. The Hall–Kier alpha value is -2.40. The van der Waals surface area contributed by atoms with Crippen LogP contribution in [-0.4, -0.2) is 72.8 Å². The Morgan fingerprint density at radius 3 is 2.45 bits per heavy atom. The number of halogens is 1. The molecule has 168 valence electrons. The summed E-state index contributed by atoms with van der Waals surface area (Å²) in [6.07, 6.45) is -6.65. The van der Waals surface area contributed by atoms with Crippen LogP contribution in [0.1, 0.15) is 10.4 Å². The summed E-state index contributed by atoms with van der Waals surface area (Å²) in [7, 11) is 2.67. The van der Waals surface area contributed by atoms with Gasteiger partial charge in [0.25, 0.3) is 0 Å². The molecule has 1 fully saturated rings. The standard InChI is InChI=1S/C21H23ClO9/c1-27-14-9-11(8-13(22)18(14)29-12-6-4-3-5-7-12)20(26)31-19-17(25)16(24)15(10-23)30-21(19)28-2/h3-9,15-17,19,21,23-25H,10H2,1-2H3/t15-,16-,17+,19-,21+/m1/s1. The highest BCUT2D eigenvalue weighted by atomic mass is 35.5. The highest BCUT2D eigenvalue weighted by molar-refractivity contribution is 6.32. The second kappa shape index (κ2) is 10.3. The Morgan fingerprint density at radius 2 is 1.84 bits per heavy atom. The van der Waals surface area contributed by atoms with Crippen LogP contribution in [0.2, 0.25) is 5.02 Å². The van der Waals surface area contributed by atoms with Crippen molar-refractivity contribution in [1.82, 2.24) is 0 Å². The van der Waals surface area contributed by atoms with Crippen LogP contribution in [0.4, 0.5) is 0 Å². The number of rotatable bonds is 7. The fraction of sp³-hybridized carbons (Fsp3) is 0.381. The zero-order valence-electron chi connectivity index (χ0n) is 16.8. The summed E-state index contributed by atoms with van der Waals surface area (Å²) >= 11 is 6.32. The fourth-order valence-electron chi connectivity index (χ4n) is 3.11. The number of methoxy groups -OCH3 is 2. The van der Waals surface area contributed by atoms with Crippen LogP contribution < -0.4 is 9.47 Å². The third-order valence-electron chi connectivity index (χ3n) is 4.73. The number of esters is 1. The maximum atomic E-state index is 12.7. The highest BCUT2D eigenvalue weighted by Gasteiger charge is 2.47. The first-order valence-corrected chi connectivity index (χ1v) is 9.74. The summed E-state index contributed by atoms with van der Waals surface area (Å²) in [6, 6.07) is 11.6. The summed E-state index contributed by atoms with van der Waals surface area (Å²) < 4.78 is 26.8. The molecule has 1 aliphatic rings. The van der Waals surface area contributed by atoms with Gasteiger partial charge in [-0.05, 0) is 24.3 Å². The maximum absolute atomic E-state index is 12.7. The van der Waals surface area contributed by atoms with Crippen molar-refractivity contribution >= 4 is 17.6 Å². The molecule has 2 aromatic carbocycles. The van der Waals surface area contributed by atoms with E-state index in [-0.39, 0.29) is 22.1 Å². The van der Waals surface area contributed by atoms with E-state index in [0.717, 1.165) is 0 Å². The number of ether oxygens (including phenoxy) is 5. The number of carbonyl (C=O) groups is 1. The van der Waals surface area contributed by atoms with E-state index >= 15 is 0 Å². The van der Waals surface area contributed by atoms with Gasteiger partial charge in [0.1, 0.15) is 24.1 Å². The number of hydrogen-bond acceptors (Lipinski definition) is 9. The van der Waals surface area contributed by atoms with E-state index in [2.05, 4.69) is 0 Å². The zero-order valence-corrected chi connectivity index (χ0v) is 17.6. The molecule has 3 N–H and O–H groups in total. The van der Waals surface area contributed by atoms with Crippen LogP contribution >= 0.6 is 11.6 Å². The molecule has 5 atom stereocenters. The molecule has 0 radical (unpaired) electrons. The predicted octanol–water partition coefficient (Wildman–Crippen LogP) is 1.75. The Labute approximate surface area is 183 Å². The normalized spacial score (nSPS) is 25.7. The Morgan fingerprint density at radius 1 is 1.13 bits per heavy atom. The molecule has 0 aromatic heterocycles. The molecule has 0 spiro atoms. The SMILES string of the molecule is COc1cc(C(=O)O[C@H]2[C@@H](OC)O[C@H](CO)[C@@H](O)[C@@H]2O)cc(Cl)c1Oc1ccccc1. The molecule has 0 saturated carbocycles. The van der Waals surface area contributed by atoms with Gasteiger partial charge in [-0.25, -0.2) is 4.79 Å². The Balaban J connectivity index is 1.82. The van der Waals surface area contributed by atoms with Crippen LogP contribution in [0.25, 0.3) is 0 Å². The van der Waals surface area contributed by atoms with Crippen molar-refractivity contribution in [3.63, 3.8) is 0 Å². The van der Waals surface area contributed by atoms with E-state index in [1.165, 1.54) is 26.4 Å². The van der Waals surface area contributed by atoms with Gasteiger partial charge in [0.05, 0.1) is 24.3 Å². The molecular weight excluding hydrogens is 432 g/mol. The van der Waals surface area contributed by atoms with Crippen molar-refractivity contribution in [3.8, 4) is 17.2 Å². The molecule has 0 amide bonds. The van der Waals surface area contributed by atoms with Crippen molar-refractivity contribution in [2.45, 2.75) is 30.7 Å². The number of aliphatic hydroxyl groups is 3. The second-order valence-electron chi connectivity index (χ2n) is 6.72. The zero-order chi connectivity index (χ0) is 22.5. The monoisotopic (exact) mass is 454 g/mol. The molecular formula is C21H23ClO9. The molecule has 0 aliphatic carbocycles. The van der Waals surface area contributed by atoms with E-state index in [1.54, 1.807) is 24.3 Å². The number of carbonyl (C=O) groups excluding carboxylic acids is 1. The number of aliphatic hydroxyl groups excluding tert-OH is 3. The first-order chi connectivity index (χ1) is 14.9. The van der Waals surface area contributed by atoms with Gasteiger partial charge in [0.2, 0.25) is 0 Å². The summed E-state index contributed by atoms with van der Waals surface area (Å²) in [5.41, 5.74) is 0.0167. The minimum Gasteiger partial charge on any atom is -0.493 e. The van der Waals surface area contributed by atoms with Crippen LogP contribution in [0.5, 0.6) is 17.2 Å². The van der Waals surface area contributed by atoms with Crippen molar-refractivity contribution in [1.29, 1.82) is 0 Å². The van der Waals surface area contributed by atoms with Crippen molar-refractivity contribution < 1.29 is 43.8 Å². The quantitative estimate of drug-likeness (QED) is 0.536. The van der Waals surface area contributed by atoms with E-state index in [9.17, 15) is 20.1 Å². The molecule has 31 heavy (non-hydrogen) atoms. The molecule has 9 nitrogen and oxygen atoms in total. The second-order valence-corrected chi connectivity index (χ2v) is 7.12. The Bertz CT molecular complexity index is 890. The topological polar surface area (TPSA) is 124 Å². The molecule has 1 heterocycles. The average Bonchev–Trinajstić information content (AvgIpc) is 2.78. The first-order valence-electron chi connectivity index (χ1n) is 9.36. The number of benzene rings is 2. The van der Waals surface area contributed by atoms with Gasteiger partial charge in [0.15, 0.2) is 23.9 Å². The van der Waals surface area contributed by atoms with Crippen LogP contribution in [-0.2, 0) is 14.2 Å². The van der Waals surface area contributed by atoms with E-state index < -0.39 is 43.3 Å². The van der Waals surface area contributed by atoms with Crippen LogP contribution in [0.15, 0.2) is 42.5 Å². The average molecular weight is 455 g/mol. The molecule has 0 bridgehead atoms. The van der Waals surface area contributed by atoms with Gasteiger partial charge in [-0.1, -0.05) is 29.8 Å². The van der Waals surface area contributed by atoms with Gasteiger partial charge in [-0.2, -0.15) is 0 Å². The third-order valence-corrected chi connectivity index (χ3v) is 5.01. The van der Waals surface area contributed by atoms with E-state index in [4.69, 9.17) is 35.3 Å². The lowest BCUT2D eigenvalue weighted by Gasteiger charge is -2.40. The van der Waals surface area contributed by atoms with Crippen LogP contribution in [0.3, 0.4) is 0 Å². The predicted molar refractivity (Wildman–Crippen MR) is 108 cm³/mol.